The minimum Gasteiger partial charge on any atom is -0.497 e. The average molecular weight is 625 g/mol. The topological polar surface area (TPSA) is 126 Å². The number of nitrogens with zero attached hydrogens (tertiary/aromatic N) is 2. The SMILES string of the molecule is COC(=O)CCCCN1C(=O)[C@]2(O[C@H](CC(=O)N3Cc4ccccc4C[C@H]3CO)[C@@H]([Si](C)(C)O)[C@@H]2C)c2cc(OC)ccc21. The van der Waals surface area contributed by atoms with Crippen molar-refractivity contribution in [2.24, 2.45) is 5.92 Å². The number of ether oxygens (including phenoxy) is 3. The summed E-state index contributed by atoms with van der Waals surface area (Å²) >= 11 is 0. The summed E-state index contributed by atoms with van der Waals surface area (Å²) in [6, 6.07) is 13.1. The number of fused-ring (bicyclic) bond motifs is 3. The number of methoxy groups -OCH3 is 2. The minimum absolute atomic E-state index is 0.0157. The highest BCUT2D eigenvalue weighted by molar-refractivity contribution is 6.71. The summed E-state index contributed by atoms with van der Waals surface area (Å²) in [5.41, 5.74) is 1.72. The highest BCUT2D eigenvalue weighted by Crippen LogP contribution is 2.60. The van der Waals surface area contributed by atoms with Crippen molar-refractivity contribution in [2.45, 2.75) is 82.0 Å². The van der Waals surface area contributed by atoms with Gasteiger partial charge < -0.3 is 33.9 Å². The van der Waals surface area contributed by atoms with E-state index in [1.165, 1.54) is 7.11 Å². The van der Waals surface area contributed by atoms with Crippen LogP contribution in [0.25, 0.3) is 0 Å². The molecule has 5 atom stereocenters. The zero-order valence-electron chi connectivity index (χ0n) is 26.2. The number of aliphatic hydroxyl groups is 1. The normalized spacial score (nSPS) is 26.1. The number of amides is 2. The van der Waals surface area contributed by atoms with Crippen LogP contribution in [0.15, 0.2) is 42.5 Å². The number of hydrogen-bond acceptors (Lipinski definition) is 8. The lowest BCUT2D eigenvalue weighted by molar-refractivity contribution is -0.151. The van der Waals surface area contributed by atoms with Gasteiger partial charge in [0.05, 0.1) is 45.1 Å². The average Bonchev–Trinajstić information content (AvgIpc) is 3.43. The molecule has 11 heteroatoms. The molecule has 2 amide bonds. The summed E-state index contributed by atoms with van der Waals surface area (Å²) in [7, 11) is -0.0606. The molecule has 238 valence electrons. The van der Waals surface area contributed by atoms with Gasteiger partial charge in [-0.1, -0.05) is 31.2 Å². The number of hydrogen-bond donors (Lipinski definition) is 2. The lowest BCUT2D eigenvalue weighted by atomic mass is 9.82. The van der Waals surface area contributed by atoms with E-state index in [2.05, 4.69) is 0 Å². The molecule has 10 nitrogen and oxygen atoms in total. The van der Waals surface area contributed by atoms with Crippen LogP contribution < -0.4 is 9.64 Å². The van der Waals surface area contributed by atoms with Crippen LogP contribution in [0.3, 0.4) is 0 Å². The van der Waals surface area contributed by atoms with Gasteiger partial charge in [-0.3, -0.25) is 14.4 Å². The molecule has 0 unspecified atom stereocenters. The van der Waals surface area contributed by atoms with E-state index in [-0.39, 0.29) is 43.3 Å². The summed E-state index contributed by atoms with van der Waals surface area (Å²) in [6.45, 7) is 6.21. The second kappa shape index (κ2) is 12.6. The molecule has 0 aromatic heterocycles. The Kier molecular flexibility index (Phi) is 9.23. The van der Waals surface area contributed by atoms with Gasteiger partial charge >= 0.3 is 5.97 Å². The fourth-order valence-corrected chi connectivity index (χ4v) is 10.1. The van der Waals surface area contributed by atoms with Gasteiger partial charge in [-0.25, -0.2) is 0 Å². The van der Waals surface area contributed by atoms with Gasteiger partial charge in [-0.2, -0.15) is 0 Å². The van der Waals surface area contributed by atoms with Crippen LogP contribution in [0.4, 0.5) is 5.69 Å². The molecule has 2 N–H and O–H groups in total. The predicted octanol–water partition coefficient (Wildman–Crippen LogP) is 3.52. The Morgan fingerprint density at radius 1 is 1.11 bits per heavy atom. The molecule has 0 bridgehead atoms. The van der Waals surface area contributed by atoms with Crippen molar-refractivity contribution in [1.82, 2.24) is 4.90 Å². The van der Waals surface area contributed by atoms with E-state index < -0.39 is 31.5 Å². The third-order valence-electron chi connectivity index (χ3n) is 9.69. The number of carbonyl (C=O) groups excluding carboxylic acids is 3. The predicted molar refractivity (Wildman–Crippen MR) is 167 cm³/mol. The summed E-state index contributed by atoms with van der Waals surface area (Å²) in [6.07, 6.45) is 1.25. The van der Waals surface area contributed by atoms with Crippen LogP contribution in [-0.2, 0) is 42.4 Å². The van der Waals surface area contributed by atoms with Crippen LogP contribution in [-0.4, -0.2) is 80.4 Å². The number of aliphatic hydroxyl groups excluding tert-OH is 1. The first-order chi connectivity index (χ1) is 21.0. The Morgan fingerprint density at radius 3 is 2.50 bits per heavy atom. The first kappa shape index (κ1) is 32.1. The smallest absolute Gasteiger partial charge is 0.305 e. The molecule has 3 aliphatic heterocycles. The van der Waals surface area contributed by atoms with Gasteiger partial charge in [-0.15, -0.1) is 0 Å². The molecule has 0 radical (unpaired) electrons. The molecule has 0 aliphatic carbocycles. The Balaban J connectivity index is 1.46. The minimum atomic E-state index is -2.98. The van der Waals surface area contributed by atoms with Crippen molar-refractivity contribution in [3.05, 3.63) is 59.2 Å². The quantitative estimate of drug-likeness (QED) is 0.234. The van der Waals surface area contributed by atoms with E-state index in [1.807, 2.05) is 56.4 Å². The highest BCUT2D eigenvalue weighted by Gasteiger charge is 2.66. The maximum absolute atomic E-state index is 14.5. The van der Waals surface area contributed by atoms with Crippen LogP contribution in [0.5, 0.6) is 5.75 Å². The van der Waals surface area contributed by atoms with Gasteiger partial charge in [0, 0.05) is 36.5 Å². The lowest BCUT2D eigenvalue weighted by Gasteiger charge is -2.37. The molecule has 3 aliphatic rings. The number of rotatable bonds is 10. The molecule has 5 rings (SSSR count). The van der Waals surface area contributed by atoms with Crippen LogP contribution >= 0.6 is 0 Å². The van der Waals surface area contributed by atoms with Crippen LogP contribution in [0.2, 0.25) is 18.6 Å². The Labute approximate surface area is 260 Å². The number of carbonyl (C=O) groups is 3. The number of esters is 1. The van der Waals surface area contributed by atoms with Crippen LogP contribution in [0, 0.1) is 5.92 Å². The van der Waals surface area contributed by atoms with Crippen molar-refractivity contribution in [1.29, 1.82) is 0 Å². The second-order valence-electron chi connectivity index (χ2n) is 12.8. The monoisotopic (exact) mass is 624 g/mol. The molecule has 2 aromatic rings. The van der Waals surface area contributed by atoms with Crippen molar-refractivity contribution >= 4 is 31.8 Å². The Morgan fingerprint density at radius 2 is 1.84 bits per heavy atom. The standard InChI is InChI=1S/C33H44N2O8Si/c1-21-31(44(4,5)40)28(18-29(37)35-19-23-11-7-6-10-22(23)16-24(35)20-36)43-33(21)26-17-25(41-2)13-14-27(26)34(32(33)39)15-9-8-12-30(38)42-3/h6-7,10-11,13-14,17,21,24,28,31,36,40H,8-9,12,15-16,18-20H2,1-5H3/t21-,24-,28+,31-,33+/m0/s1. The molecule has 1 spiro atoms. The van der Waals surface area contributed by atoms with Crippen molar-refractivity contribution in [3.8, 4) is 5.75 Å². The number of anilines is 1. The fourth-order valence-electron chi connectivity index (χ4n) is 7.58. The third kappa shape index (κ3) is 5.66. The van der Waals surface area contributed by atoms with Gasteiger partial charge in [0.15, 0.2) is 13.9 Å². The maximum Gasteiger partial charge on any atom is 0.305 e. The highest BCUT2D eigenvalue weighted by atomic mass is 28.4. The summed E-state index contributed by atoms with van der Waals surface area (Å²) in [4.78, 5) is 55.2. The maximum atomic E-state index is 14.5. The Hall–Kier alpha value is -3.25. The van der Waals surface area contributed by atoms with Gasteiger partial charge in [0.1, 0.15) is 5.75 Å². The van der Waals surface area contributed by atoms with E-state index in [0.29, 0.717) is 49.4 Å². The molecule has 1 fully saturated rings. The largest absolute Gasteiger partial charge is 0.497 e. The molecular formula is C33H44N2O8Si. The molecule has 2 aromatic carbocycles. The van der Waals surface area contributed by atoms with E-state index in [4.69, 9.17) is 14.2 Å². The van der Waals surface area contributed by atoms with Crippen LogP contribution in [0.1, 0.15) is 49.3 Å². The van der Waals surface area contributed by atoms with E-state index in [0.717, 1.165) is 11.1 Å². The third-order valence-corrected chi connectivity index (χ3v) is 12.2. The van der Waals surface area contributed by atoms with Gasteiger partial charge in [0.25, 0.3) is 5.91 Å². The van der Waals surface area contributed by atoms with E-state index in [1.54, 1.807) is 23.0 Å². The zero-order valence-corrected chi connectivity index (χ0v) is 27.2. The fraction of sp³-hybridized carbons (Fsp3) is 0.545. The lowest BCUT2D eigenvalue weighted by Crippen LogP contribution is -2.48. The summed E-state index contributed by atoms with van der Waals surface area (Å²) in [5, 5.41) is 10.2. The first-order valence-corrected chi connectivity index (χ1v) is 18.4. The molecule has 3 heterocycles. The van der Waals surface area contributed by atoms with Gasteiger partial charge in [0.2, 0.25) is 5.91 Å². The number of benzene rings is 2. The number of unbranched alkanes of at least 4 members (excludes halogenated alkanes) is 1. The summed E-state index contributed by atoms with van der Waals surface area (Å²) in [5.74, 6) is -0.551. The first-order valence-electron chi connectivity index (χ1n) is 15.4. The molecule has 1 saturated heterocycles. The van der Waals surface area contributed by atoms with Crippen molar-refractivity contribution in [3.63, 3.8) is 0 Å². The molecule has 44 heavy (non-hydrogen) atoms. The van der Waals surface area contributed by atoms with Crippen molar-refractivity contribution < 1.29 is 38.5 Å². The van der Waals surface area contributed by atoms with Gasteiger partial charge in [-0.05, 0) is 61.7 Å². The van der Waals surface area contributed by atoms with E-state index in [9.17, 15) is 24.3 Å². The zero-order chi connectivity index (χ0) is 31.8. The van der Waals surface area contributed by atoms with Crippen molar-refractivity contribution in [2.75, 3.05) is 32.3 Å². The molecule has 0 saturated carbocycles. The molecular weight excluding hydrogens is 580 g/mol. The Bertz CT molecular complexity index is 1410. The summed E-state index contributed by atoms with van der Waals surface area (Å²) < 4.78 is 17.1. The van der Waals surface area contributed by atoms with E-state index >= 15 is 0 Å². The second-order valence-corrected chi connectivity index (χ2v) is 16.7.